The number of unbranched alkanes of at least 4 members (excludes halogenated alkanes) is 2. The van der Waals surface area contributed by atoms with Gasteiger partial charge in [-0.3, -0.25) is 15.2 Å². The lowest BCUT2D eigenvalue weighted by atomic mass is 10.1. The van der Waals surface area contributed by atoms with E-state index in [0.29, 0.717) is 5.56 Å². The van der Waals surface area contributed by atoms with Crippen LogP contribution in [0.1, 0.15) is 42.1 Å². The number of nitrogens with zero attached hydrogens (tertiary/aromatic N) is 1. The lowest BCUT2D eigenvalue weighted by Crippen LogP contribution is -2.39. The van der Waals surface area contributed by atoms with Crippen LogP contribution in [-0.2, 0) is 6.42 Å². The van der Waals surface area contributed by atoms with E-state index in [2.05, 4.69) is 12.3 Å². The number of carbonyl (C=O) groups is 1. The summed E-state index contributed by atoms with van der Waals surface area (Å²) in [4.78, 5) is 12.2. The first-order valence-corrected chi connectivity index (χ1v) is 7.89. The first kappa shape index (κ1) is 16.1. The largest absolute Gasteiger partial charge is 0.288 e. The fourth-order valence-electron chi connectivity index (χ4n) is 2.33. The average molecular weight is 296 g/mol. The van der Waals surface area contributed by atoms with Gasteiger partial charge in [0.2, 0.25) is 0 Å². The van der Waals surface area contributed by atoms with E-state index in [1.807, 2.05) is 61.6 Å². The molecule has 3 nitrogen and oxygen atoms in total. The minimum Gasteiger partial charge on any atom is -0.288 e. The normalized spacial score (nSPS) is 10.3. The van der Waals surface area contributed by atoms with E-state index < -0.39 is 0 Å². The minimum absolute atomic E-state index is 0.0912. The fraction of sp³-hybridized carbons (Fsp3) is 0.316. The van der Waals surface area contributed by atoms with Crippen molar-refractivity contribution in [3.05, 3.63) is 65.7 Å². The molecule has 0 saturated heterocycles. The van der Waals surface area contributed by atoms with E-state index in [4.69, 9.17) is 0 Å². The topological polar surface area (TPSA) is 32.3 Å². The maximum Gasteiger partial charge on any atom is 0.269 e. The standard InChI is InChI=1S/C19H24N2O/c1-3-4-6-9-16-12-14-17(15-13-16)19(22)20-21(2)18-10-7-5-8-11-18/h5,7-8,10-15H,3-4,6,9H2,1-2H3,(H,20,22). The maximum absolute atomic E-state index is 12.2. The Balaban J connectivity index is 1.92. The Labute approximate surface area is 132 Å². The van der Waals surface area contributed by atoms with Crippen LogP contribution in [0.4, 0.5) is 5.69 Å². The Hall–Kier alpha value is -2.29. The number of rotatable bonds is 7. The minimum atomic E-state index is -0.0912. The number of para-hydroxylation sites is 1. The Morgan fingerprint density at radius 3 is 2.32 bits per heavy atom. The Kier molecular flexibility index (Phi) is 6.01. The number of benzene rings is 2. The third-order valence-corrected chi connectivity index (χ3v) is 3.70. The molecule has 2 aromatic rings. The number of anilines is 1. The lowest BCUT2D eigenvalue weighted by Gasteiger charge is -2.20. The molecule has 22 heavy (non-hydrogen) atoms. The molecule has 0 heterocycles. The zero-order chi connectivity index (χ0) is 15.8. The second-order valence-corrected chi connectivity index (χ2v) is 5.49. The van der Waals surface area contributed by atoms with Crippen LogP contribution in [-0.4, -0.2) is 13.0 Å². The van der Waals surface area contributed by atoms with E-state index >= 15 is 0 Å². The van der Waals surface area contributed by atoms with Crippen molar-refractivity contribution in [3.8, 4) is 0 Å². The summed E-state index contributed by atoms with van der Waals surface area (Å²) in [5, 5.41) is 1.73. The van der Waals surface area contributed by atoms with Crippen LogP contribution in [0.3, 0.4) is 0 Å². The van der Waals surface area contributed by atoms with Crippen LogP contribution >= 0.6 is 0 Å². The van der Waals surface area contributed by atoms with Gasteiger partial charge in [-0.15, -0.1) is 0 Å². The summed E-state index contributed by atoms with van der Waals surface area (Å²) in [6, 6.07) is 17.7. The summed E-state index contributed by atoms with van der Waals surface area (Å²) in [6.45, 7) is 2.21. The highest BCUT2D eigenvalue weighted by molar-refractivity contribution is 5.95. The second kappa shape index (κ2) is 8.23. The molecular weight excluding hydrogens is 272 g/mol. The van der Waals surface area contributed by atoms with E-state index in [-0.39, 0.29) is 5.91 Å². The van der Waals surface area contributed by atoms with Gasteiger partial charge in [0, 0.05) is 12.6 Å². The highest BCUT2D eigenvalue weighted by atomic mass is 16.2. The summed E-state index contributed by atoms with van der Waals surface area (Å²) in [5.41, 5.74) is 5.80. The fourth-order valence-corrected chi connectivity index (χ4v) is 2.33. The summed E-state index contributed by atoms with van der Waals surface area (Å²) in [6.07, 6.45) is 4.77. The number of nitrogens with one attached hydrogen (secondary N) is 1. The van der Waals surface area contributed by atoms with Crippen LogP contribution in [0, 0.1) is 0 Å². The zero-order valence-corrected chi connectivity index (χ0v) is 13.4. The number of amides is 1. The number of carbonyl (C=O) groups excluding carboxylic acids is 1. The molecule has 0 aromatic heterocycles. The predicted octanol–water partition coefficient (Wildman–Crippen LogP) is 4.20. The summed E-state index contributed by atoms with van der Waals surface area (Å²) >= 11 is 0. The molecule has 1 amide bonds. The van der Waals surface area contributed by atoms with E-state index in [1.165, 1.54) is 24.8 Å². The molecule has 0 aliphatic rings. The van der Waals surface area contributed by atoms with Gasteiger partial charge < -0.3 is 0 Å². The number of hydrazine groups is 1. The molecule has 2 aromatic carbocycles. The molecule has 116 valence electrons. The van der Waals surface area contributed by atoms with Gasteiger partial charge in [-0.1, -0.05) is 50.1 Å². The number of aryl methyl sites for hydroxylation is 1. The molecule has 0 bridgehead atoms. The molecule has 0 radical (unpaired) electrons. The third kappa shape index (κ3) is 4.62. The van der Waals surface area contributed by atoms with Gasteiger partial charge in [0.05, 0.1) is 5.69 Å². The zero-order valence-electron chi connectivity index (χ0n) is 13.4. The highest BCUT2D eigenvalue weighted by Gasteiger charge is 2.08. The Morgan fingerprint density at radius 1 is 1.00 bits per heavy atom. The smallest absolute Gasteiger partial charge is 0.269 e. The van der Waals surface area contributed by atoms with Crippen molar-refractivity contribution in [1.82, 2.24) is 5.43 Å². The van der Waals surface area contributed by atoms with Crippen molar-refractivity contribution in [2.45, 2.75) is 32.6 Å². The summed E-state index contributed by atoms with van der Waals surface area (Å²) in [5.74, 6) is -0.0912. The Bertz CT molecular complexity index is 578. The summed E-state index contributed by atoms with van der Waals surface area (Å²) in [7, 11) is 1.84. The molecular formula is C19H24N2O. The first-order chi connectivity index (χ1) is 10.7. The molecule has 0 fully saturated rings. The maximum atomic E-state index is 12.2. The molecule has 2 rings (SSSR count). The SMILES string of the molecule is CCCCCc1ccc(C(=O)NN(C)c2ccccc2)cc1. The highest BCUT2D eigenvalue weighted by Crippen LogP contribution is 2.11. The lowest BCUT2D eigenvalue weighted by molar-refractivity contribution is 0.0951. The van der Waals surface area contributed by atoms with Gasteiger partial charge in [-0.05, 0) is 42.7 Å². The van der Waals surface area contributed by atoms with E-state index in [0.717, 1.165) is 12.1 Å². The molecule has 0 aliphatic heterocycles. The monoisotopic (exact) mass is 296 g/mol. The van der Waals surface area contributed by atoms with Crippen molar-refractivity contribution in [1.29, 1.82) is 0 Å². The van der Waals surface area contributed by atoms with Crippen LogP contribution in [0.2, 0.25) is 0 Å². The van der Waals surface area contributed by atoms with Crippen LogP contribution in [0.15, 0.2) is 54.6 Å². The van der Waals surface area contributed by atoms with Crippen molar-refractivity contribution >= 4 is 11.6 Å². The molecule has 3 heteroatoms. The van der Waals surface area contributed by atoms with Gasteiger partial charge >= 0.3 is 0 Å². The van der Waals surface area contributed by atoms with Crippen molar-refractivity contribution in [3.63, 3.8) is 0 Å². The van der Waals surface area contributed by atoms with Gasteiger partial charge in [-0.2, -0.15) is 0 Å². The summed E-state index contributed by atoms with van der Waals surface area (Å²) < 4.78 is 0. The van der Waals surface area contributed by atoms with Crippen LogP contribution in [0.5, 0.6) is 0 Å². The molecule has 0 atom stereocenters. The molecule has 0 saturated carbocycles. The van der Waals surface area contributed by atoms with Crippen LogP contribution in [0.25, 0.3) is 0 Å². The second-order valence-electron chi connectivity index (χ2n) is 5.49. The molecule has 0 aliphatic carbocycles. The van der Waals surface area contributed by atoms with E-state index in [1.54, 1.807) is 5.01 Å². The van der Waals surface area contributed by atoms with Gasteiger partial charge in [0.1, 0.15) is 0 Å². The molecule has 0 unspecified atom stereocenters. The number of hydrogen-bond donors (Lipinski definition) is 1. The first-order valence-electron chi connectivity index (χ1n) is 7.89. The van der Waals surface area contributed by atoms with Gasteiger partial charge in [-0.25, -0.2) is 0 Å². The third-order valence-electron chi connectivity index (χ3n) is 3.70. The van der Waals surface area contributed by atoms with Gasteiger partial charge in [0.15, 0.2) is 0 Å². The van der Waals surface area contributed by atoms with Crippen molar-refractivity contribution < 1.29 is 4.79 Å². The average Bonchev–Trinajstić information content (AvgIpc) is 2.56. The van der Waals surface area contributed by atoms with Crippen molar-refractivity contribution in [2.24, 2.45) is 0 Å². The molecule has 1 N–H and O–H groups in total. The molecule has 0 spiro atoms. The van der Waals surface area contributed by atoms with Gasteiger partial charge in [0.25, 0.3) is 5.91 Å². The van der Waals surface area contributed by atoms with Crippen LogP contribution < -0.4 is 10.4 Å². The van der Waals surface area contributed by atoms with E-state index in [9.17, 15) is 4.79 Å². The predicted molar refractivity (Wildman–Crippen MR) is 92.0 cm³/mol. The number of hydrogen-bond acceptors (Lipinski definition) is 2. The quantitative estimate of drug-likeness (QED) is 0.613. The Morgan fingerprint density at radius 2 is 1.68 bits per heavy atom. The van der Waals surface area contributed by atoms with Crippen molar-refractivity contribution in [2.75, 3.05) is 12.1 Å².